The summed E-state index contributed by atoms with van der Waals surface area (Å²) in [6.07, 6.45) is 3.91. The van der Waals surface area contributed by atoms with Gasteiger partial charge in [-0.15, -0.1) is 11.8 Å². The second-order valence-electron chi connectivity index (χ2n) is 4.13. The number of aliphatic hydroxyl groups excluding tert-OH is 1. The number of unbranched alkanes of at least 4 members (excludes halogenated alkanes) is 1. The summed E-state index contributed by atoms with van der Waals surface area (Å²) < 4.78 is 10.7. The Morgan fingerprint density at radius 1 is 1.29 bits per heavy atom. The lowest BCUT2D eigenvalue weighted by Crippen LogP contribution is -1.95. The Morgan fingerprint density at radius 2 is 1.90 bits per heavy atom. The van der Waals surface area contributed by atoms with Crippen LogP contribution in [0.5, 0.6) is 11.5 Å². The van der Waals surface area contributed by atoms with E-state index in [1.807, 2.05) is 0 Å². The number of methoxy groups -OCH3 is 2. The van der Waals surface area contributed by atoms with Gasteiger partial charge in [0.2, 0.25) is 6.20 Å². The first kappa shape index (κ1) is 17.3. The minimum Gasteiger partial charge on any atom is -0.495 e. The van der Waals surface area contributed by atoms with Crippen molar-refractivity contribution in [2.45, 2.75) is 17.7 Å². The van der Waals surface area contributed by atoms with Gasteiger partial charge in [-0.25, -0.2) is 0 Å². The maximum atomic E-state index is 10.4. The first-order valence-corrected chi connectivity index (χ1v) is 7.42. The standard InChI is InChI=1S/C14H19NO5S/c1-19-12-9-11(5-6-15(17)18)10-13(20-2)14(12)21-8-4-3-7-16/h5-6,9-10,16H,3-4,7-8H2,1-2H3. The number of aliphatic hydroxyl groups is 1. The lowest BCUT2D eigenvalue weighted by molar-refractivity contribution is -0.400. The van der Waals surface area contributed by atoms with E-state index < -0.39 is 4.92 Å². The van der Waals surface area contributed by atoms with Crippen molar-refractivity contribution in [2.24, 2.45) is 0 Å². The van der Waals surface area contributed by atoms with Crippen LogP contribution >= 0.6 is 11.8 Å². The Kier molecular flexibility index (Phi) is 7.63. The van der Waals surface area contributed by atoms with Crippen molar-refractivity contribution in [1.29, 1.82) is 0 Å². The number of nitro groups is 1. The van der Waals surface area contributed by atoms with Gasteiger partial charge >= 0.3 is 0 Å². The third kappa shape index (κ3) is 5.65. The number of hydrogen-bond acceptors (Lipinski definition) is 6. The van der Waals surface area contributed by atoms with Crippen molar-refractivity contribution in [3.8, 4) is 11.5 Å². The van der Waals surface area contributed by atoms with E-state index in [4.69, 9.17) is 14.6 Å². The minimum atomic E-state index is -0.517. The lowest BCUT2D eigenvalue weighted by atomic mass is 10.2. The Labute approximate surface area is 127 Å². The van der Waals surface area contributed by atoms with Crippen molar-refractivity contribution >= 4 is 17.8 Å². The second kappa shape index (κ2) is 9.25. The highest BCUT2D eigenvalue weighted by atomic mass is 32.2. The van der Waals surface area contributed by atoms with Crippen LogP contribution in [0.15, 0.2) is 23.2 Å². The molecule has 1 N–H and O–H groups in total. The van der Waals surface area contributed by atoms with Crippen LogP contribution < -0.4 is 9.47 Å². The number of benzene rings is 1. The molecule has 0 aromatic heterocycles. The smallest absolute Gasteiger partial charge is 0.235 e. The number of ether oxygens (including phenoxy) is 2. The Hall–Kier alpha value is -1.73. The molecule has 6 nitrogen and oxygen atoms in total. The average molecular weight is 313 g/mol. The third-order valence-corrected chi connectivity index (χ3v) is 3.85. The van der Waals surface area contributed by atoms with Crippen LogP contribution in [0.1, 0.15) is 18.4 Å². The molecule has 0 atom stereocenters. The molecule has 0 spiro atoms. The predicted octanol–water partition coefficient (Wildman–Crippen LogP) is 2.82. The number of thioether (sulfide) groups is 1. The van der Waals surface area contributed by atoms with Gasteiger partial charge in [-0.1, -0.05) is 0 Å². The molecule has 0 unspecified atom stereocenters. The van der Waals surface area contributed by atoms with Gasteiger partial charge in [0.15, 0.2) is 0 Å². The van der Waals surface area contributed by atoms with E-state index >= 15 is 0 Å². The van der Waals surface area contributed by atoms with Gasteiger partial charge in [0.1, 0.15) is 11.5 Å². The van der Waals surface area contributed by atoms with Crippen molar-refractivity contribution in [1.82, 2.24) is 0 Å². The van der Waals surface area contributed by atoms with Gasteiger partial charge in [0, 0.05) is 12.7 Å². The third-order valence-electron chi connectivity index (χ3n) is 2.67. The summed E-state index contributed by atoms with van der Waals surface area (Å²) in [7, 11) is 3.10. The fourth-order valence-electron chi connectivity index (χ4n) is 1.67. The fraction of sp³-hybridized carbons (Fsp3) is 0.429. The number of hydrogen-bond donors (Lipinski definition) is 1. The van der Waals surface area contributed by atoms with Gasteiger partial charge in [0.25, 0.3) is 0 Å². The molecule has 0 aliphatic carbocycles. The highest BCUT2D eigenvalue weighted by molar-refractivity contribution is 7.99. The summed E-state index contributed by atoms with van der Waals surface area (Å²) in [6.45, 7) is 0.180. The van der Waals surface area contributed by atoms with E-state index in [9.17, 15) is 10.1 Å². The van der Waals surface area contributed by atoms with Crippen molar-refractivity contribution in [2.75, 3.05) is 26.6 Å². The van der Waals surface area contributed by atoms with Crippen molar-refractivity contribution in [3.05, 3.63) is 34.0 Å². The molecule has 0 aliphatic rings. The summed E-state index contributed by atoms with van der Waals surface area (Å²) >= 11 is 1.58. The van der Waals surface area contributed by atoms with Gasteiger partial charge in [-0.3, -0.25) is 10.1 Å². The summed E-state index contributed by atoms with van der Waals surface area (Å²) in [4.78, 5) is 10.7. The topological polar surface area (TPSA) is 81.8 Å². The van der Waals surface area contributed by atoms with Gasteiger partial charge < -0.3 is 14.6 Å². The molecule has 1 aromatic rings. The van der Waals surface area contributed by atoms with Crippen LogP contribution in [-0.2, 0) is 0 Å². The van der Waals surface area contributed by atoms with Crippen LogP contribution in [0, 0.1) is 10.1 Å². The minimum absolute atomic E-state index is 0.180. The van der Waals surface area contributed by atoms with E-state index in [0.717, 1.165) is 29.7 Å². The van der Waals surface area contributed by atoms with Crippen LogP contribution in [0.4, 0.5) is 0 Å². The highest BCUT2D eigenvalue weighted by Gasteiger charge is 2.12. The first-order valence-electron chi connectivity index (χ1n) is 6.43. The zero-order valence-corrected chi connectivity index (χ0v) is 12.9. The quantitative estimate of drug-likeness (QED) is 0.327. The second-order valence-corrected chi connectivity index (χ2v) is 5.24. The Balaban J connectivity index is 2.98. The molecule has 0 saturated heterocycles. The summed E-state index contributed by atoms with van der Waals surface area (Å²) in [6, 6.07) is 3.47. The number of nitrogens with zero attached hydrogens (tertiary/aromatic N) is 1. The predicted molar refractivity (Wildman–Crippen MR) is 82.6 cm³/mol. The molecule has 7 heteroatoms. The monoisotopic (exact) mass is 313 g/mol. The van der Waals surface area contributed by atoms with Crippen molar-refractivity contribution < 1.29 is 19.5 Å². The lowest BCUT2D eigenvalue weighted by Gasteiger charge is -2.13. The van der Waals surface area contributed by atoms with Crippen LogP contribution in [-0.4, -0.2) is 36.6 Å². The van der Waals surface area contributed by atoms with Crippen molar-refractivity contribution in [3.63, 3.8) is 0 Å². The zero-order chi connectivity index (χ0) is 15.7. The maximum absolute atomic E-state index is 10.4. The van der Waals surface area contributed by atoms with E-state index in [1.54, 1.807) is 38.1 Å². The van der Waals surface area contributed by atoms with Crippen LogP contribution in [0.2, 0.25) is 0 Å². The largest absolute Gasteiger partial charge is 0.495 e. The molecule has 0 fully saturated rings. The normalized spacial score (nSPS) is 10.8. The molecule has 0 aliphatic heterocycles. The SMILES string of the molecule is COc1cc(C=C[N+](=O)[O-])cc(OC)c1SCCCCO. The van der Waals surface area contributed by atoms with E-state index in [-0.39, 0.29) is 6.61 Å². The van der Waals surface area contributed by atoms with Gasteiger partial charge in [-0.2, -0.15) is 0 Å². The summed E-state index contributed by atoms with van der Waals surface area (Å²) in [5.74, 6) is 2.06. The summed E-state index contributed by atoms with van der Waals surface area (Å²) in [5, 5.41) is 19.2. The molecule has 1 rings (SSSR count). The molecule has 0 amide bonds. The molecule has 21 heavy (non-hydrogen) atoms. The Bertz CT molecular complexity index is 479. The molecule has 0 heterocycles. The molecular weight excluding hydrogens is 294 g/mol. The fourth-order valence-corrected chi connectivity index (χ4v) is 2.80. The molecule has 0 bridgehead atoms. The molecule has 0 radical (unpaired) electrons. The highest BCUT2D eigenvalue weighted by Crippen LogP contribution is 2.39. The molecular formula is C14H19NO5S. The maximum Gasteiger partial charge on any atom is 0.235 e. The van der Waals surface area contributed by atoms with E-state index in [2.05, 4.69) is 0 Å². The van der Waals surface area contributed by atoms with Gasteiger partial charge in [-0.05, 0) is 36.3 Å². The molecule has 116 valence electrons. The number of rotatable bonds is 9. The van der Waals surface area contributed by atoms with Crippen LogP contribution in [0.25, 0.3) is 6.08 Å². The van der Waals surface area contributed by atoms with Crippen LogP contribution in [0.3, 0.4) is 0 Å². The Morgan fingerprint density at radius 3 is 2.38 bits per heavy atom. The van der Waals surface area contributed by atoms with E-state index in [1.165, 1.54) is 6.08 Å². The molecule has 0 saturated carbocycles. The zero-order valence-electron chi connectivity index (χ0n) is 12.1. The summed E-state index contributed by atoms with van der Waals surface area (Å²) in [5.41, 5.74) is 0.639. The van der Waals surface area contributed by atoms with E-state index in [0.29, 0.717) is 17.1 Å². The average Bonchev–Trinajstić information content (AvgIpc) is 2.49. The first-order chi connectivity index (χ1) is 10.1. The van der Waals surface area contributed by atoms with Gasteiger partial charge in [0.05, 0.1) is 24.0 Å². The molecule has 1 aromatic carbocycles.